The van der Waals surface area contributed by atoms with Gasteiger partial charge in [0.25, 0.3) is 0 Å². The van der Waals surface area contributed by atoms with Crippen LogP contribution in [0.15, 0.2) is 48.5 Å². The molecule has 0 unspecified atom stereocenters. The van der Waals surface area contributed by atoms with Crippen molar-refractivity contribution in [2.24, 2.45) is 23.7 Å². The van der Waals surface area contributed by atoms with Crippen LogP contribution in [0, 0.1) is 23.7 Å². The fourth-order valence-electron chi connectivity index (χ4n) is 5.32. The van der Waals surface area contributed by atoms with Crippen molar-refractivity contribution in [2.45, 2.75) is 46.0 Å². The number of hydrogen-bond donors (Lipinski definition) is 0. The molecule has 2 aliphatic rings. The first-order valence-electron chi connectivity index (χ1n) is 9.35. The Morgan fingerprint density at radius 1 is 0.826 bits per heavy atom. The van der Waals surface area contributed by atoms with Gasteiger partial charge in [-0.25, -0.2) is 0 Å². The van der Waals surface area contributed by atoms with E-state index in [1.165, 1.54) is 30.4 Å². The topological polar surface area (TPSA) is 0 Å². The summed E-state index contributed by atoms with van der Waals surface area (Å²) in [6, 6.07) is 18.3. The van der Waals surface area contributed by atoms with Crippen LogP contribution < -0.4 is 0 Å². The summed E-state index contributed by atoms with van der Waals surface area (Å²) in [6.07, 6.45) is 4.20. The average molecular weight is 304 g/mol. The van der Waals surface area contributed by atoms with E-state index in [-0.39, 0.29) is 0 Å². The summed E-state index contributed by atoms with van der Waals surface area (Å²) in [6.45, 7) is 7.32. The Morgan fingerprint density at radius 3 is 1.96 bits per heavy atom. The summed E-state index contributed by atoms with van der Waals surface area (Å²) in [7, 11) is 0. The first-order valence-corrected chi connectivity index (χ1v) is 9.35. The van der Waals surface area contributed by atoms with Gasteiger partial charge in [0.15, 0.2) is 0 Å². The zero-order valence-corrected chi connectivity index (χ0v) is 14.6. The van der Waals surface area contributed by atoms with Crippen LogP contribution in [0.1, 0.15) is 57.1 Å². The molecule has 2 aromatic rings. The third kappa shape index (κ3) is 2.43. The molecule has 0 heterocycles. The van der Waals surface area contributed by atoms with Crippen LogP contribution in [0.25, 0.3) is 11.1 Å². The molecule has 3 atom stereocenters. The second-order valence-electron chi connectivity index (χ2n) is 8.14. The second-order valence-corrected chi connectivity index (χ2v) is 8.14. The van der Waals surface area contributed by atoms with Crippen LogP contribution in [0.3, 0.4) is 0 Å². The van der Waals surface area contributed by atoms with E-state index >= 15 is 0 Å². The lowest BCUT2D eigenvalue weighted by Gasteiger charge is -2.41. The zero-order valence-electron chi connectivity index (χ0n) is 14.6. The molecule has 0 nitrogen and oxygen atoms in total. The van der Waals surface area contributed by atoms with E-state index in [1.807, 2.05) is 0 Å². The maximum Gasteiger partial charge on any atom is 0.0133 e. The molecule has 0 heteroatoms. The van der Waals surface area contributed by atoms with Crippen molar-refractivity contribution in [3.8, 4) is 11.1 Å². The van der Waals surface area contributed by atoms with E-state index in [4.69, 9.17) is 0 Å². The first kappa shape index (κ1) is 15.0. The van der Waals surface area contributed by atoms with Crippen molar-refractivity contribution < 1.29 is 0 Å². The quantitative estimate of drug-likeness (QED) is 0.593. The van der Waals surface area contributed by atoms with Gasteiger partial charge < -0.3 is 0 Å². The van der Waals surface area contributed by atoms with E-state index in [0.717, 1.165) is 23.7 Å². The van der Waals surface area contributed by atoms with Gasteiger partial charge in [0.1, 0.15) is 0 Å². The smallest absolute Gasteiger partial charge is 0.0133 e. The molecule has 1 saturated carbocycles. The van der Waals surface area contributed by atoms with Crippen molar-refractivity contribution in [2.75, 3.05) is 0 Å². The summed E-state index contributed by atoms with van der Waals surface area (Å²) in [4.78, 5) is 0. The maximum atomic E-state index is 2.45. The van der Waals surface area contributed by atoms with E-state index in [9.17, 15) is 0 Å². The lowest BCUT2D eigenvalue weighted by molar-refractivity contribution is 0.131. The summed E-state index contributed by atoms with van der Waals surface area (Å²) >= 11 is 0. The highest BCUT2D eigenvalue weighted by Gasteiger charge is 2.41. The van der Waals surface area contributed by atoms with Crippen molar-refractivity contribution in [1.29, 1.82) is 0 Å². The Labute approximate surface area is 140 Å². The third-order valence-corrected chi connectivity index (χ3v) is 6.38. The molecule has 2 aromatic carbocycles. The summed E-state index contributed by atoms with van der Waals surface area (Å²) < 4.78 is 0. The Morgan fingerprint density at radius 2 is 1.39 bits per heavy atom. The van der Waals surface area contributed by atoms with Crippen molar-refractivity contribution in [3.05, 3.63) is 59.7 Å². The molecular formula is C23H28. The fourth-order valence-corrected chi connectivity index (χ4v) is 5.32. The minimum atomic E-state index is 0.609. The molecule has 4 rings (SSSR count). The minimum Gasteiger partial charge on any atom is -0.0625 e. The SMILES string of the molecule is CC(C)[C@@H]1CC[C@@H](C)C[C@@H]1C1c2ccccc2-c2ccccc21. The predicted octanol–water partition coefficient (Wildman–Crippen LogP) is 6.51. The highest BCUT2D eigenvalue weighted by molar-refractivity contribution is 5.78. The maximum absolute atomic E-state index is 2.45. The van der Waals surface area contributed by atoms with Crippen LogP contribution in [-0.4, -0.2) is 0 Å². The van der Waals surface area contributed by atoms with Crippen LogP contribution in [-0.2, 0) is 0 Å². The number of rotatable bonds is 2. The molecule has 0 N–H and O–H groups in total. The van der Waals surface area contributed by atoms with Crippen LogP contribution in [0.2, 0.25) is 0 Å². The van der Waals surface area contributed by atoms with Gasteiger partial charge in [0.2, 0.25) is 0 Å². The molecule has 23 heavy (non-hydrogen) atoms. The average Bonchev–Trinajstić information content (AvgIpc) is 2.89. The standard InChI is InChI=1S/C23H28/c1-15(2)17-13-12-16(3)14-22(17)23-20-10-6-4-8-18(20)19-9-5-7-11-21(19)23/h4-11,15-17,22-23H,12-14H2,1-3H3/t16-,17+,22+/m1/s1. The zero-order chi connectivity index (χ0) is 16.0. The van der Waals surface area contributed by atoms with Crippen molar-refractivity contribution >= 4 is 0 Å². The number of benzene rings is 2. The van der Waals surface area contributed by atoms with Crippen molar-refractivity contribution in [3.63, 3.8) is 0 Å². The Balaban J connectivity index is 1.84. The van der Waals surface area contributed by atoms with Gasteiger partial charge in [0, 0.05) is 5.92 Å². The number of fused-ring (bicyclic) bond motifs is 3. The van der Waals surface area contributed by atoms with Gasteiger partial charge in [-0.3, -0.25) is 0 Å². The largest absolute Gasteiger partial charge is 0.0625 e. The summed E-state index contributed by atoms with van der Waals surface area (Å²) in [5.74, 6) is 3.92. The molecular weight excluding hydrogens is 276 g/mol. The monoisotopic (exact) mass is 304 g/mol. The lowest BCUT2D eigenvalue weighted by Crippen LogP contribution is -2.31. The van der Waals surface area contributed by atoms with Gasteiger partial charge in [-0.05, 0) is 58.8 Å². The summed E-state index contributed by atoms with van der Waals surface area (Å²) in [5, 5.41) is 0. The first-order chi connectivity index (χ1) is 11.2. The van der Waals surface area contributed by atoms with Gasteiger partial charge >= 0.3 is 0 Å². The fraction of sp³-hybridized carbons (Fsp3) is 0.478. The minimum absolute atomic E-state index is 0.609. The molecule has 1 fully saturated rings. The molecule has 0 aliphatic heterocycles. The van der Waals surface area contributed by atoms with Gasteiger partial charge in [0.05, 0.1) is 0 Å². The van der Waals surface area contributed by atoms with E-state index < -0.39 is 0 Å². The molecule has 2 aliphatic carbocycles. The second kappa shape index (κ2) is 5.82. The Hall–Kier alpha value is -1.56. The van der Waals surface area contributed by atoms with Gasteiger partial charge in [-0.1, -0.05) is 75.7 Å². The highest BCUT2D eigenvalue weighted by atomic mass is 14.4. The van der Waals surface area contributed by atoms with Crippen molar-refractivity contribution in [1.82, 2.24) is 0 Å². The third-order valence-electron chi connectivity index (χ3n) is 6.38. The number of hydrogen-bond acceptors (Lipinski definition) is 0. The molecule has 0 radical (unpaired) electrons. The van der Waals surface area contributed by atoms with E-state index in [2.05, 4.69) is 69.3 Å². The van der Waals surface area contributed by atoms with Crippen LogP contribution in [0.4, 0.5) is 0 Å². The molecule has 120 valence electrons. The predicted molar refractivity (Wildman–Crippen MR) is 98.6 cm³/mol. The highest BCUT2D eigenvalue weighted by Crippen LogP contribution is 2.54. The molecule has 0 bridgehead atoms. The van der Waals surface area contributed by atoms with E-state index in [1.54, 1.807) is 11.1 Å². The summed E-state index contributed by atoms with van der Waals surface area (Å²) in [5.41, 5.74) is 6.12. The van der Waals surface area contributed by atoms with Gasteiger partial charge in [-0.2, -0.15) is 0 Å². The molecule has 0 spiro atoms. The van der Waals surface area contributed by atoms with E-state index in [0.29, 0.717) is 5.92 Å². The Bertz CT molecular complexity index is 651. The van der Waals surface area contributed by atoms with Crippen LogP contribution in [0.5, 0.6) is 0 Å². The molecule has 0 saturated heterocycles. The Kier molecular flexibility index (Phi) is 3.79. The lowest BCUT2D eigenvalue weighted by atomic mass is 9.63. The van der Waals surface area contributed by atoms with Crippen LogP contribution >= 0.6 is 0 Å². The normalized spacial score (nSPS) is 27.0. The molecule has 0 aromatic heterocycles. The molecule has 0 amide bonds. The van der Waals surface area contributed by atoms with Gasteiger partial charge in [-0.15, -0.1) is 0 Å².